The van der Waals surface area contributed by atoms with Crippen LogP contribution in [0.2, 0.25) is 0 Å². The van der Waals surface area contributed by atoms with Crippen molar-refractivity contribution < 1.29 is 4.42 Å². The second-order valence-electron chi connectivity index (χ2n) is 5.64. The first-order valence-electron chi connectivity index (χ1n) is 7.11. The summed E-state index contributed by atoms with van der Waals surface area (Å²) in [6.07, 6.45) is 3.52. The molecule has 0 unspecified atom stereocenters. The smallest absolute Gasteiger partial charge is 0.0952 e. The minimum atomic E-state index is 0.513. The fourth-order valence-corrected chi connectivity index (χ4v) is 2.32. The number of nitrogens with zero attached hydrogens (tertiary/aromatic N) is 1. The van der Waals surface area contributed by atoms with Gasteiger partial charge in [-0.1, -0.05) is 26.0 Å². The molecule has 0 radical (unpaired) electrons. The average Bonchev–Trinajstić information content (AvgIpc) is 2.89. The Balaban J connectivity index is 2.05. The summed E-state index contributed by atoms with van der Waals surface area (Å²) in [4.78, 5) is 2.25. The molecule has 0 aliphatic heterocycles. The topological polar surface area (TPSA) is 28.4 Å². The molecule has 3 heteroatoms. The maximum absolute atomic E-state index is 5.12. The Kier molecular flexibility index (Phi) is 4.85. The number of furan rings is 1. The van der Waals surface area contributed by atoms with Crippen LogP contribution in [-0.4, -0.2) is 13.1 Å². The number of anilines is 1. The summed E-state index contributed by atoms with van der Waals surface area (Å²) in [5.41, 5.74) is 5.09. The van der Waals surface area contributed by atoms with Crippen molar-refractivity contribution in [2.45, 2.75) is 39.9 Å². The second-order valence-corrected chi connectivity index (χ2v) is 5.64. The first-order chi connectivity index (χ1) is 9.56. The van der Waals surface area contributed by atoms with Gasteiger partial charge in [0.2, 0.25) is 0 Å². The number of hydrogen-bond donors (Lipinski definition) is 1. The van der Waals surface area contributed by atoms with Crippen molar-refractivity contribution in [3.05, 3.63) is 53.5 Å². The molecule has 0 aliphatic rings. The number of nitrogens with one attached hydrogen (secondary N) is 1. The number of aryl methyl sites for hydroxylation is 1. The molecule has 0 atom stereocenters. The van der Waals surface area contributed by atoms with E-state index in [-0.39, 0.29) is 0 Å². The zero-order valence-corrected chi connectivity index (χ0v) is 12.8. The predicted octanol–water partition coefficient (Wildman–Crippen LogP) is 3.72. The molecule has 0 spiro atoms. The summed E-state index contributed by atoms with van der Waals surface area (Å²) in [6.45, 7) is 8.28. The second kappa shape index (κ2) is 6.62. The van der Waals surface area contributed by atoms with Gasteiger partial charge < -0.3 is 14.6 Å². The van der Waals surface area contributed by atoms with Crippen LogP contribution in [-0.2, 0) is 13.1 Å². The average molecular weight is 272 g/mol. The van der Waals surface area contributed by atoms with Gasteiger partial charge in [0.15, 0.2) is 0 Å². The normalized spacial score (nSPS) is 11.1. The standard InChI is InChI=1S/C17H24N2O/c1-13(2)18-10-15-5-6-17(14(3)9-15)19(4)11-16-7-8-20-12-16/h5-9,12-13,18H,10-11H2,1-4H3. The van der Waals surface area contributed by atoms with Crippen molar-refractivity contribution in [3.63, 3.8) is 0 Å². The first kappa shape index (κ1) is 14.7. The van der Waals surface area contributed by atoms with Crippen molar-refractivity contribution in [2.75, 3.05) is 11.9 Å². The van der Waals surface area contributed by atoms with Crippen molar-refractivity contribution in [1.82, 2.24) is 5.32 Å². The van der Waals surface area contributed by atoms with Crippen LogP contribution in [0.1, 0.15) is 30.5 Å². The van der Waals surface area contributed by atoms with Gasteiger partial charge in [-0.3, -0.25) is 0 Å². The van der Waals surface area contributed by atoms with Gasteiger partial charge in [-0.05, 0) is 30.2 Å². The molecular weight excluding hydrogens is 248 g/mol. The summed E-state index contributed by atoms with van der Waals surface area (Å²) in [6, 6.07) is 9.18. The summed E-state index contributed by atoms with van der Waals surface area (Å²) in [7, 11) is 2.11. The Hall–Kier alpha value is -1.74. The maximum Gasteiger partial charge on any atom is 0.0952 e. The van der Waals surface area contributed by atoms with Crippen molar-refractivity contribution in [2.24, 2.45) is 0 Å². The highest BCUT2D eigenvalue weighted by Crippen LogP contribution is 2.22. The van der Waals surface area contributed by atoms with E-state index >= 15 is 0 Å². The van der Waals surface area contributed by atoms with Crippen molar-refractivity contribution >= 4 is 5.69 Å². The first-order valence-corrected chi connectivity index (χ1v) is 7.11. The lowest BCUT2D eigenvalue weighted by Gasteiger charge is -2.21. The highest BCUT2D eigenvalue weighted by molar-refractivity contribution is 5.54. The fourth-order valence-electron chi connectivity index (χ4n) is 2.32. The molecule has 0 saturated carbocycles. The van der Waals surface area contributed by atoms with Crippen LogP contribution >= 0.6 is 0 Å². The Morgan fingerprint density at radius 2 is 2.00 bits per heavy atom. The predicted molar refractivity (Wildman–Crippen MR) is 84.0 cm³/mol. The van der Waals surface area contributed by atoms with Gasteiger partial charge in [0, 0.05) is 37.4 Å². The molecule has 1 aromatic carbocycles. The van der Waals surface area contributed by atoms with Gasteiger partial charge in [0.1, 0.15) is 0 Å². The highest BCUT2D eigenvalue weighted by Gasteiger charge is 2.07. The van der Waals surface area contributed by atoms with Crippen LogP contribution in [0.3, 0.4) is 0 Å². The van der Waals surface area contributed by atoms with E-state index in [1.54, 1.807) is 12.5 Å². The molecule has 0 bridgehead atoms. The summed E-state index contributed by atoms with van der Waals surface area (Å²) in [5.74, 6) is 0. The number of benzene rings is 1. The molecule has 3 nitrogen and oxygen atoms in total. The minimum Gasteiger partial charge on any atom is -0.472 e. The molecule has 1 heterocycles. The van der Waals surface area contributed by atoms with Gasteiger partial charge in [-0.15, -0.1) is 0 Å². The van der Waals surface area contributed by atoms with Crippen LogP contribution in [0.4, 0.5) is 5.69 Å². The van der Waals surface area contributed by atoms with Gasteiger partial charge in [0.05, 0.1) is 12.5 Å². The van der Waals surface area contributed by atoms with E-state index in [1.807, 2.05) is 6.07 Å². The summed E-state index contributed by atoms with van der Waals surface area (Å²) >= 11 is 0. The quantitative estimate of drug-likeness (QED) is 0.868. The molecule has 0 fully saturated rings. The lowest BCUT2D eigenvalue weighted by atomic mass is 10.1. The molecule has 2 rings (SSSR count). The maximum atomic E-state index is 5.12. The lowest BCUT2D eigenvalue weighted by Crippen LogP contribution is -2.22. The monoisotopic (exact) mass is 272 g/mol. The molecular formula is C17H24N2O. The highest BCUT2D eigenvalue weighted by atomic mass is 16.3. The largest absolute Gasteiger partial charge is 0.472 e. The van der Waals surface area contributed by atoms with Gasteiger partial charge in [0.25, 0.3) is 0 Å². The minimum absolute atomic E-state index is 0.513. The van der Waals surface area contributed by atoms with E-state index in [2.05, 4.69) is 56.2 Å². The zero-order chi connectivity index (χ0) is 14.5. The Morgan fingerprint density at radius 3 is 2.60 bits per heavy atom. The molecule has 108 valence electrons. The summed E-state index contributed by atoms with van der Waals surface area (Å²) in [5, 5.41) is 3.45. The third kappa shape index (κ3) is 3.87. The van der Waals surface area contributed by atoms with Crippen LogP contribution < -0.4 is 10.2 Å². The molecule has 0 amide bonds. The third-order valence-corrected chi connectivity index (χ3v) is 3.39. The van der Waals surface area contributed by atoms with E-state index in [4.69, 9.17) is 4.42 Å². The van der Waals surface area contributed by atoms with Gasteiger partial charge in [-0.2, -0.15) is 0 Å². The van der Waals surface area contributed by atoms with Gasteiger partial charge in [-0.25, -0.2) is 0 Å². The molecule has 2 aromatic rings. The SMILES string of the molecule is Cc1cc(CNC(C)C)ccc1N(C)Cc1ccoc1. The van der Waals surface area contributed by atoms with E-state index in [9.17, 15) is 0 Å². The zero-order valence-electron chi connectivity index (χ0n) is 12.8. The van der Waals surface area contributed by atoms with Crippen LogP contribution in [0.25, 0.3) is 0 Å². The number of hydrogen-bond acceptors (Lipinski definition) is 3. The molecule has 0 aliphatic carbocycles. The van der Waals surface area contributed by atoms with Crippen LogP contribution in [0, 0.1) is 6.92 Å². The molecule has 1 N–H and O–H groups in total. The fraction of sp³-hybridized carbons (Fsp3) is 0.412. The van der Waals surface area contributed by atoms with Crippen molar-refractivity contribution in [3.8, 4) is 0 Å². The van der Waals surface area contributed by atoms with Gasteiger partial charge >= 0.3 is 0 Å². The van der Waals surface area contributed by atoms with E-state index in [1.165, 1.54) is 22.4 Å². The third-order valence-electron chi connectivity index (χ3n) is 3.39. The number of rotatable bonds is 6. The molecule has 0 saturated heterocycles. The Bertz CT molecular complexity index is 532. The van der Waals surface area contributed by atoms with E-state index in [0.717, 1.165) is 13.1 Å². The van der Waals surface area contributed by atoms with E-state index in [0.29, 0.717) is 6.04 Å². The van der Waals surface area contributed by atoms with Crippen LogP contribution in [0.5, 0.6) is 0 Å². The van der Waals surface area contributed by atoms with Crippen molar-refractivity contribution in [1.29, 1.82) is 0 Å². The van der Waals surface area contributed by atoms with E-state index < -0.39 is 0 Å². The lowest BCUT2D eigenvalue weighted by molar-refractivity contribution is 0.563. The molecule has 1 aromatic heterocycles. The van der Waals surface area contributed by atoms with Crippen LogP contribution in [0.15, 0.2) is 41.2 Å². The molecule has 20 heavy (non-hydrogen) atoms. The summed E-state index contributed by atoms with van der Waals surface area (Å²) < 4.78 is 5.12. The Morgan fingerprint density at radius 1 is 1.20 bits per heavy atom. The Labute approximate surface area is 121 Å².